The van der Waals surface area contributed by atoms with Crippen LogP contribution in [0.4, 0.5) is 4.79 Å². The van der Waals surface area contributed by atoms with Crippen LogP contribution >= 0.6 is 11.6 Å². The van der Waals surface area contributed by atoms with Gasteiger partial charge in [-0.2, -0.15) is 0 Å². The summed E-state index contributed by atoms with van der Waals surface area (Å²) in [7, 11) is -0.653. The number of fused-ring (bicyclic) bond motifs is 3. The number of carbonyl (C=O) groups is 1. The fraction of sp³-hybridized carbons (Fsp3) is 0.310. The van der Waals surface area contributed by atoms with Gasteiger partial charge in [-0.25, -0.2) is 9.78 Å². The van der Waals surface area contributed by atoms with Gasteiger partial charge in [0.2, 0.25) is 0 Å². The van der Waals surface area contributed by atoms with E-state index in [-0.39, 0.29) is 19.1 Å². The summed E-state index contributed by atoms with van der Waals surface area (Å²) in [6.07, 6.45) is 1.32. The molecule has 2 aliphatic rings. The average molecular weight is 517 g/mol. The Hall–Kier alpha value is -3.13. The lowest BCUT2D eigenvalue weighted by molar-refractivity contribution is 0.00578. The number of carbonyl (C=O) groups excluding carboxylic acids is 1. The van der Waals surface area contributed by atoms with Crippen molar-refractivity contribution in [2.75, 3.05) is 13.2 Å². The van der Waals surface area contributed by atoms with Crippen molar-refractivity contribution in [3.8, 4) is 11.1 Å². The molecule has 1 aliphatic heterocycles. The molecule has 0 unspecified atom stereocenters. The highest BCUT2D eigenvalue weighted by atomic mass is 35.5. The Morgan fingerprint density at radius 3 is 2.16 bits per heavy atom. The maximum Gasteiger partial charge on any atom is 0.492 e. The van der Waals surface area contributed by atoms with E-state index in [1.807, 2.05) is 70.2 Å². The van der Waals surface area contributed by atoms with Crippen molar-refractivity contribution in [3.63, 3.8) is 0 Å². The molecule has 1 saturated heterocycles. The fourth-order valence-electron chi connectivity index (χ4n) is 4.71. The van der Waals surface area contributed by atoms with E-state index in [0.717, 1.165) is 0 Å². The van der Waals surface area contributed by atoms with E-state index in [1.54, 1.807) is 6.07 Å². The van der Waals surface area contributed by atoms with Gasteiger partial charge in [0.25, 0.3) is 0 Å². The van der Waals surface area contributed by atoms with Gasteiger partial charge in [-0.3, -0.25) is 0 Å². The molecule has 0 spiro atoms. The quantitative estimate of drug-likeness (QED) is 0.308. The topological polar surface area (TPSA) is 69.7 Å². The number of pyridine rings is 1. The smallest absolute Gasteiger partial charge is 0.449 e. The predicted octanol–water partition coefficient (Wildman–Crippen LogP) is 6.29. The van der Waals surface area contributed by atoms with Crippen LogP contribution in [0.25, 0.3) is 17.2 Å². The van der Waals surface area contributed by atoms with Crippen molar-refractivity contribution in [1.29, 1.82) is 0 Å². The number of alkyl carbamates (subject to hydrolysis) is 1. The molecular weight excluding hydrogens is 487 g/mol. The van der Waals surface area contributed by atoms with Crippen LogP contribution in [0.15, 0.2) is 72.2 Å². The lowest BCUT2D eigenvalue weighted by Crippen LogP contribution is -2.41. The van der Waals surface area contributed by atoms with E-state index >= 15 is 0 Å². The van der Waals surface area contributed by atoms with Crippen molar-refractivity contribution in [1.82, 2.24) is 10.3 Å². The zero-order valence-corrected chi connectivity index (χ0v) is 22.2. The second kappa shape index (κ2) is 9.97. The van der Waals surface area contributed by atoms with Gasteiger partial charge in [0, 0.05) is 12.5 Å². The normalized spacial score (nSPS) is 17.9. The van der Waals surface area contributed by atoms with Crippen LogP contribution < -0.4 is 5.32 Å². The summed E-state index contributed by atoms with van der Waals surface area (Å²) in [6, 6.07) is 21.9. The van der Waals surface area contributed by atoms with Gasteiger partial charge < -0.3 is 19.4 Å². The van der Waals surface area contributed by atoms with Crippen LogP contribution in [0.2, 0.25) is 5.15 Å². The van der Waals surface area contributed by atoms with E-state index in [9.17, 15) is 4.79 Å². The third kappa shape index (κ3) is 5.17. The molecule has 1 aromatic heterocycles. The molecule has 1 N–H and O–H groups in total. The lowest BCUT2D eigenvalue weighted by atomic mass is 9.77. The largest absolute Gasteiger partial charge is 0.492 e. The van der Waals surface area contributed by atoms with Gasteiger partial charge >= 0.3 is 13.2 Å². The number of hydrogen-bond donors (Lipinski definition) is 1. The van der Waals surface area contributed by atoms with Crippen LogP contribution in [-0.2, 0) is 14.0 Å². The summed E-state index contributed by atoms with van der Waals surface area (Å²) in [5.74, 6) is -0.00748. The van der Waals surface area contributed by atoms with Crippen molar-refractivity contribution < 1.29 is 18.8 Å². The SMILES string of the molecule is CC1(C)OB(C(=Cc2cccc(Cl)n2)CNC(=O)OCC2c3ccccc3-c3ccccc32)OC1(C)C. The lowest BCUT2D eigenvalue weighted by Gasteiger charge is -2.32. The fourth-order valence-corrected chi connectivity index (χ4v) is 4.89. The van der Waals surface area contributed by atoms with Crippen LogP contribution in [0.5, 0.6) is 0 Å². The summed E-state index contributed by atoms with van der Waals surface area (Å²) in [6.45, 7) is 8.36. The number of benzene rings is 2. The molecule has 0 radical (unpaired) electrons. The standard InChI is InChI=1S/C29H30BClN2O4/c1-28(2)29(3,4)37-30(36-28)19(16-20-10-9-15-26(31)33-20)17-32-27(34)35-18-25-23-13-7-5-11-21(23)22-12-6-8-14-24(22)25/h5-16,25H,17-18H2,1-4H3,(H,32,34). The highest BCUT2D eigenvalue weighted by Crippen LogP contribution is 2.44. The molecule has 37 heavy (non-hydrogen) atoms. The van der Waals surface area contributed by atoms with Crippen LogP contribution in [0, 0.1) is 0 Å². The molecule has 3 aromatic rings. The van der Waals surface area contributed by atoms with Crippen molar-refractivity contribution in [2.45, 2.75) is 44.8 Å². The third-order valence-electron chi connectivity index (χ3n) is 7.41. The summed E-state index contributed by atoms with van der Waals surface area (Å²) in [5, 5.41) is 3.25. The molecular formula is C29H30BClN2O4. The average Bonchev–Trinajstić information content (AvgIpc) is 3.29. The van der Waals surface area contributed by atoms with E-state index in [0.29, 0.717) is 16.3 Å². The van der Waals surface area contributed by atoms with E-state index in [4.69, 9.17) is 25.6 Å². The first-order valence-corrected chi connectivity index (χ1v) is 12.8. The molecule has 0 saturated carbocycles. The summed E-state index contributed by atoms with van der Waals surface area (Å²) in [5.41, 5.74) is 5.01. The third-order valence-corrected chi connectivity index (χ3v) is 7.62. The van der Waals surface area contributed by atoms with Crippen molar-refractivity contribution in [2.24, 2.45) is 0 Å². The molecule has 8 heteroatoms. The van der Waals surface area contributed by atoms with Gasteiger partial charge in [0.15, 0.2) is 0 Å². The molecule has 1 aliphatic carbocycles. The maximum atomic E-state index is 12.8. The highest BCUT2D eigenvalue weighted by molar-refractivity contribution is 6.56. The minimum absolute atomic E-state index is 0.00748. The molecule has 0 bridgehead atoms. The van der Waals surface area contributed by atoms with Crippen molar-refractivity contribution in [3.05, 3.63) is 94.2 Å². The first-order chi connectivity index (χ1) is 17.6. The van der Waals surface area contributed by atoms with E-state index in [1.165, 1.54) is 22.3 Å². The number of halogens is 1. The Labute approximate surface area is 223 Å². The number of rotatable bonds is 6. The minimum Gasteiger partial charge on any atom is -0.449 e. The Morgan fingerprint density at radius 1 is 0.973 bits per heavy atom. The minimum atomic E-state index is -0.653. The monoisotopic (exact) mass is 516 g/mol. The number of aromatic nitrogens is 1. The number of hydrogen-bond acceptors (Lipinski definition) is 5. The highest BCUT2D eigenvalue weighted by Gasteiger charge is 2.52. The van der Waals surface area contributed by atoms with Gasteiger partial charge in [0.1, 0.15) is 11.8 Å². The van der Waals surface area contributed by atoms with Gasteiger partial charge in [0.05, 0.1) is 16.9 Å². The molecule has 2 heterocycles. The Kier molecular flexibility index (Phi) is 6.88. The Morgan fingerprint density at radius 2 is 1.57 bits per heavy atom. The van der Waals surface area contributed by atoms with Gasteiger partial charge in [-0.1, -0.05) is 66.2 Å². The number of nitrogens with zero attached hydrogens (tertiary/aromatic N) is 1. The summed E-state index contributed by atoms with van der Waals surface area (Å²) >= 11 is 6.09. The molecule has 0 atom stereocenters. The molecule has 6 nitrogen and oxygen atoms in total. The maximum absolute atomic E-state index is 12.8. The van der Waals surface area contributed by atoms with Crippen molar-refractivity contribution >= 4 is 30.9 Å². The second-order valence-electron chi connectivity index (χ2n) is 10.4. The van der Waals surface area contributed by atoms with Gasteiger partial charge in [-0.05, 0) is 73.6 Å². The Balaban J connectivity index is 1.29. The summed E-state index contributed by atoms with van der Waals surface area (Å²) in [4.78, 5) is 17.2. The van der Waals surface area contributed by atoms with Crippen LogP contribution in [0.3, 0.4) is 0 Å². The predicted molar refractivity (Wildman–Crippen MR) is 146 cm³/mol. The zero-order chi connectivity index (χ0) is 26.2. The van der Waals surface area contributed by atoms with Crippen LogP contribution in [-0.4, -0.2) is 42.5 Å². The molecule has 1 amide bonds. The second-order valence-corrected chi connectivity index (χ2v) is 10.8. The molecule has 2 aromatic carbocycles. The van der Waals surface area contributed by atoms with Gasteiger partial charge in [-0.15, -0.1) is 0 Å². The number of amides is 1. The summed E-state index contributed by atoms with van der Waals surface area (Å²) < 4.78 is 18.2. The van der Waals surface area contributed by atoms with E-state index < -0.39 is 24.4 Å². The first-order valence-electron chi connectivity index (χ1n) is 12.4. The molecule has 190 valence electrons. The Bertz CT molecular complexity index is 1300. The first kappa shape index (κ1) is 25.5. The molecule has 1 fully saturated rings. The van der Waals surface area contributed by atoms with E-state index in [2.05, 4.69) is 34.6 Å². The zero-order valence-electron chi connectivity index (χ0n) is 21.5. The number of nitrogens with one attached hydrogen (secondary N) is 1. The number of ether oxygens (including phenoxy) is 1. The van der Waals surface area contributed by atoms with Crippen LogP contribution in [0.1, 0.15) is 50.4 Å². The molecule has 5 rings (SSSR count).